The predicted octanol–water partition coefficient (Wildman–Crippen LogP) is 3.14. The van der Waals surface area contributed by atoms with Gasteiger partial charge in [-0.3, -0.25) is 0 Å². The molecule has 0 fully saturated rings. The van der Waals surface area contributed by atoms with Crippen LogP contribution in [0.1, 0.15) is 10.4 Å². The van der Waals surface area contributed by atoms with Crippen LogP contribution in [-0.4, -0.2) is 13.1 Å². The van der Waals surface area contributed by atoms with E-state index in [4.69, 9.17) is 0 Å². The summed E-state index contributed by atoms with van der Waals surface area (Å²) in [7, 11) is 1.27. The number of halogens is 3. The van der Waals surface area contributed by atoms with Crippen LogP contribution in [0.15, 0.2) is 21.1 Å². The van der Waals surface area contributed by atoms with Crippen molar-refractivity contribution in [3.8, 4) is 0 Å². The number of carbonyl (C=O) groups excluding carboxylic acids is 1. The number of hydrogen-bond acceptors (Lipinski definition) is 2. The lowest BCUT2D eigenvalue weighted by Crippen LogP contribution is -2.03. The Morgan fingerprint density at radius 3 is 2.54 bits per heavy atom. The molecule has 0 saturated heterocycles. The Bertz CT molecular complexity index is 352. The summed E-state index contributed by atoms with van der Waals surface area (Å²) >= 11 is 6.08. The van der Waals surface area contributed by atoms with Gasteiger partial charge in [0.05, 0.1) is 17.1 Å². The van der Waals surface area contributed by atoms with Gasteiger partial charge in [0.15, 0.2) is 0 Å². The second-order valence-corrected chi connectivity index (χ2v) is 3.80. The van der Waals surface area contributed by atoms with Gasteiger partial charge < -0.3 is 4.74 Å². The number of carbonyl (C=O) groups is 1. The van der Waals surface area contributed by atoms with Gasteiger partial charge in [-0.05, 0) is 44.0 Å². The first kappa shape index (κ1) is 10.7. The van der Waals surface area contributed by atoms with Crippen molar-refractivity contribution in [1.29, 1.82) is 0 Å². The summed E-state index contributed by atoms with van der Waals surface area (Å²) < 4.78 is 18.0. The lowest BCUT2D eigenvalue weighted by molar-refractivity contribution is 0.0599. The van der Waals surface area contributed by atoms with Crippen LogP contribution in [-0.2, 0) is 4.74 Å². The predicted molar refractivity (Wildman–Crippen MR) is 53.1 cm³/mol. The maximum atomic E-state index is 12.9. The van der Waals surface area contributed by atoms with E-state index < -0.39 is 11.8 Å². The zero-order valence-corrected chi connectivity index (χ0v) is 9.78. The fraction of sp³-hybridized carbons (Fsp3) is 0.125. The molecule has 1 rings (SSSR count). The maximum absolute atomic E-state index is 12.9. The molecule has 0 amide bonds. The minimum Gasteiger partial charge on any atom is -0.465 e. The van der Waals surface area contributed by atoms with E-state index in [0.717, 1.165) is 0 Å². The third-order valence-electron chi connectivity index (χ3n) is 1.44. The summed E-state index contributed by atoms with van der Waals surface area (Å²) in [6.45, 7) is 0. The summed E-state index contributed by atoms with van der Waals surface area (Å²) in [4.78, 5) is 11.1. The molecule has 0 bridgehead atoms. The molecule has 0 spiro atoms. The molecule has 0 heterocycles. The van der Waals surface area contributed by atoms with Crippen LogP contribution in [0, 0.1) is 5.82 Å². The molecule has 0 aromatic heterocycles. The molecule has 0 aliphatic heterocycles. The molecule has 70 valence electrons. The third-order valence-corrected chi connectivity index (χ3v) is 3.57. The van der Waals surface area contributed by atoms with E-state index in [1.165, 1.54) is 19.2 Å². The van der Waals surface area contributed by atoms with Crippen LogP contribution in [0.2, 0.25) is 0 Å². The number of rotatable bonds is 1. The Morgan fingerprint density at radius 2 is 2.00 bits per heavy atom. The minimum absolute atomic E-state index is 0.218. The molecule has 0 aliphatic rings. The van der Waals surface area contributed by atoms with E-state index in [2.05, 4.69) is 36.6 Å². The molecule has 0 atom stereocenters. The molecule has 0 radical (unpaired) electrons. The van der Waals surface area contributed by atoms with Crippen molar-refractivity contribution in [3.63, 3.8) is 0 Å². The van der Waals surface area contributed by atoms with Crippen molar-refractivity contribution in [3.05, 3.63) is 32.5 Å². The van der Waals surface area contributed by atoms with Gasteiger partial charge in [-0.2, -0.15) is 0 Å². The molecule has 5 heteroatoms. The first-order valence-electron chi connectivity index (χ1n) is 3.29. The molecule has 0 unspecified atom stereocenters. The Kier molecular flexibility index (Phi) is 3.44. The van der Waals surface area contributed by atoms with Gasteiger partial charge >= 0.3 is 5.97 Å². The maximum Gasteiger partial charge on any atom is 0.339 e. The smallest absolute Gasteiger partial charge is 0.339 e. The zero-order valence-electron chi connectivity index (χ0n) is 6.61. The van der Waals surface area contributed by atoms with E-state index in [-0.39, 0.29) is 10.0 Å². The van der Waals surface area contributed by atoms with Gasteiger partial charge in [0.25, 0.3) is 0 Å². The van der Waals surface area contributed by atoms with Crippen molar-refractivity contribution in [2.24, 2.45) is 0 Å². The average Bonchev–Trinajstić information content (AvgIpc) is 2.13. The number of methoxy groups -OCH3 is 1. The number of hydrogen-bond donors (Lipinski definition) is 0. The molecule has 2 nitrogen and oxygen atoms in total. The highest BCUT2D eigenvalue weighted by Gasteiger charge is 2.14. The van der Waals surface area contributed by atoms with E-state index in [1.54, 1.807) is 0 Å². The molecule has 13 heavy (non-hydrogen) atoms. The molecule has 0 N–H and O–H groups in total. The van der Waals surface area contributed by atoms with Gasteiger partial charge in [0, 0.05) is 4.47 Å². The van der Waals surface area contributed by atoms with E-state index in [0.29, 0.717) is 4.47 Å². The second-order valence-electron chi connectivity index (χ2n) is 2.21. The summed E-state index contributed by atoms with van der Waals surface area (Å²) in [6, 6.07) is 2.55. The molecule has 0 aliphatic carbocycles. The summed E-state index contributed by atoms with van der Waals surface area (Å²) in [5.41, 5.74) is 0.288. The number of benzene rings is 1. The van der Waals surface area contributed by atoms with Crippen molar-refractivity contribution in [2.45, 2.75) is 0 Å². The van der Waals surface area contributed by atoms with Crippen molar-refractivity contribution in [1.82, 2.24) is 0 Å². The Hall–Kier alpha value is -0.420. The zero-order chi connectivity index (χ0) is 10.0. The van der Waals surface area contributed by atoms with Gasteiger partial charge in [0.1, 0.15) is 5.82 Å². The Balaban J connectivity index is 3.26. The highest BCUT2D eigenvalue weighted by molar-refractivity contribution is 9.13. The van der Waals surface area contributed by atoms with Crippen LogP contribution < -0.4 is 0 Å². The Labute approximate surface area is 91.3 Å². The van der Waals surface area contributed by atoms with E-state index in [9.17, 15) is 9.18 Å². The minimum atomic E-state index is -0.507. The summed E-state index contributed by atoms with van der Waals surface area (Å²) in [5.74, 6) is -0.938. The number of ether oxygens (including phenoxy) is 1. The topological polar surface area (TPSA) is 26.3 Å². The van der Waals surface area contributed by atoms with Gasteiger partial charge in [0.2, 0.25) is 0 Å². The third kappa shape index (κ3) is 2.08. The first-order chi connectivity index (χ1) is 6.07. The molecule has 1 aromatic rings. The first-order valence-corrected chi connectivity index (χ1v) is 4.88. The largest absolute Gasteiger partial charge is 0.465 e. The van der Waals surface area contributed by atoms with Crippen LogP contribution in [0.3, 0.4) is 0 Å². The van der Waals surface area contributed by atoms with Crippen LogP contribution in [0.4, 0.5) is 4.39 Å². The van der Waals surface area contributed by atoms with Crippen molar-refractivity contribution in [2.75, 3.05) is 7.11 Å². The highest BCUT2D eigenvalue weighted by Crippen LogP contribution is 2.29. The van der Waals surface area contributed by atoms with Crippen LogP contribution >= 0.6 is 31.9 Å². The molecule has 1 aromatic carbocycles. The standard InChI is InChI=1S/C8H5Br2FO2/c1-13-8(12)4-2-3-5(11)7(10)6(4)9/h2-3H,1H3. The van der Waals surface area contributed by atoms with Crippen LogP contribution in [0.5, 0.6) is 0 Å². The van der Waals surface area contributed by atoms with Gasteiger partial charge in [-0.1, -0.05) is 0 Å². The van der Waals surface area contributed by atoms with E-state index >= 15 is 0 Å². The van der Waals surface area contributed by atoms with Crippen molar-refractivity contribution >= 4 is 37.8 Å². The summed E-state index contributed by atoms with van der Waals surface area (Å²) in [5, 5.41) is 0. The molecular formula is C8H5Br2FO2. The second kappa shape index (κ2) is 4.19. The fourth-order valence-corrected chi connectivity index (χ4v) is 1.62. The molecule has 0 saturated carbocycles. The Morgan fingerprint density at radius 1 is 1.38 bits per heavy atom. The van der Waals surface area contributed by atoms with Gasteiger partial charge in [-0.25, -0.2) is 9.18 Å². The van der Waals surface area contributed by atoms with Crippen LogP contribution in [0.25, 0.3) is 0 Å². The normalized spacial score (nSPS) is 9.85. The lowest BCUT2D eigenvalue weighted by atomic mass is 10.2. The van der Waals surface area contributed by atoms with Crippen molar-refractivity contribution < 1.29 is 13.9 Å². The summed E-state index contributed by atoms with van der Waals surface area (Å²) in [6.07, 6.45) is 0. The van der Waals surface area contributed by atoms with E-state index in [1.807, 2.05) is 0 Å². The molecular weight excluding hydrogens is 307 g/mol. The average molecular weight is 312 g/mol. The lowest BCUT2D eigenvalue weighted by Gasteiger charge is -2.04. The SMILES string of the molecule is COC(=O)c1ccc(F)c(Br)c1Br. The number of esters is 1. The quantitative estimate of drug-likeness (QED) is 0.588. The monoisotopic (exact) mass is 310 g/mol. The van der Waals surface area contributed by atoms with Gasteiger partial charge in [-0.15, -0.1) is 0 Å². The highest BCUT2D eigenvalue weighted by atomic mass is 79.9. The fourth-order valence-electron chi connectivity index (χ4n) is 0.794.